The van der Waals surface area contributed by atoms with Gasteiger partial charge in [0.25, 0.3) is 0 Å². The van der Waals surface area contributed by atoms with Gasteiger partial charge in [-0.05, 0) is 23.0 Å². The van der Waals surface area contributed by atoms with Gasteiger partial charge >= 0.3 is 6.03 Å². The van der Waals surface area contributed by atoms with Crippen molar-refractivity contribution in [3.63, 3.8) is 0 Å². The predicted octanol–water partition coefficient (Wildman–Crippen LogP) is 4.37. The summed E-state index contributed by atoms with van der Waals surface area (Å²) in [6.07, 6.45) is 4.61. The zero-order valence-corrected chi connectivity index (χ0v) is 13.4. The van der Waals surface area contributed by atoms with Crippen molar-refractivity contribution in [2.75, 3.05) is 10.6 Å². The summed E-state index contributed by atoms with van der Waals surface area (Å²) < 4.78 is 0. The molecule has 0 aliphatic carbocycles. The number of carbonyl (C=O) groups excluding carboxylic acids is 1. The van der Waals surface area contributed by atoms with E-state index in [2.05, 4.69) is 60.4 Å². The van der Waals surface area contributed by atoms with Gasteiger partial charge < -0.3 is 5.32 Å². The molecular weight excluding hydrogens is 276 g/mol. The number of carbonyl (C=O) groups is 1. The Balaban J connectivity index is 2.25. The van der Waals surface area contributed by atoms with Crippen LogP contribution >= 0.6 is 0 Å². The SMILES string of the molecule is CC(C)c1cccc(C(C)C)c1NC(=O)Nc1cnccn1. The average molecular weight is 298 g/mol. The van der Waals surface area contributed by atoms with Crippen LogP contribution in [0.15, 0.2) is 36.8 Å². The van der Waals surface area contributed by atoms with E-state index in [0.717, 1.165) is 16.8 Å². The molecule has 2 aromatic rings. The Hall–Kier alpha value is -2.43. The maximum Gasteiger partial charge on any atom is 0.324 e. The lowest BCUT2D eigenvalue weighted by Crippen LogP contribution is -2.22. The number of hydrogen-bond acceptors (Lipinski definition) is 3. The highest BCUT2D eigenvalue weighted by Crippen LogP contribution is 2.32. The molecule has 2 amide bonds. The van der Waals surface area contributed by atoms with Crippen LogP contribution < -0.4 is 10.6 Å². The van der Waals surface area contributed by atoms with E-state index in [1.54, 1.807) is 6.20 Å². The lowest BCUT2D eigenvalue weighted by Gasteiger charge is -2.20. The number of para-hydroxylation sites is 1. The number of hydrogen-bond donors (Lipinski definition) is 2. The fraction of sp³-hybridized carbons (Fsp3) is 0.353. The molecule has 0 atom stereocenters. The third-order valence-electron chi connectivity index (χ3n) is 3.42. The largest absolute Gasteiger partial charge is 0.324 e. The van der Waals surface area contributed by atoms with Crippen LogP contribution in [0.3, 0.4) is 0 Å². The van der Waals surface area contributed by atoms with Crippen LogP contribution in [-0.2, 0) is 0 Å². The molecule has 0 saturated carbocycles. The zero-order chi connectivity index (χ0) is 16.1. The van der Waals surface area contributed by atoms with Crippen molar-refractivity contribution in [2.24, 2.45) is 0 Å². The van der Waals surface area contributed by atoms with Gasteiger partial charge in [-0.15, -0.1) is 0 Å². The summed E-state index contributed by atoms with van der Waals surface area (Å²) in [4.78, 5) is 20.2. The van der Waals surface area contributed by atoms with Crippen molar-refractivity contribution >= 4 is 17.5 Å². The first-order chi connectivity index (χ1) is 10.5. The molecule has 2 rings (SSSR count). The molecule has 5 nitrogen and oxygen atoms in total. The highest BCUT2D eigenvalue weighted by Gasteiger charge is 2.16. The van der Waals surface area contributed by atoms with Crippen molar-refractivity contribution in [3.8, 4) is 0 Å². The predicted molar refractivity (Wildman–Crippen MR) is 89.3 cm³/mol. The van der Waals surface area contributed by atoms with Crippen molar-refractivity contribution in [3.05, 3.63) is 47.9 Å². The van der Waals surface area contributed by atoms with Crippen molar-refractivity contribution in [1.29, 1.82) is 0 Å². The topological polar surface area (TPSA) is 66.9 Å². The number of benzene rings is 1. The minimum atomic E-state index is -0.310. The number of amides is 2. The van der Waals surface area contributed by atoms with E-state index in [4.69, 9.17) is 0 Å². The number of nitrogens with zero attached hydrogens (tertiary/aromatic N) is 2. The first-order valence-electron chi connectivity index (χ1n) is 7.46. The number of aromatic nitrogens is 2. The molecule has 0 fully saturated rings. The highest BCUT2D eigenvalue weighted by molar-refractivity contribution is 6.00. The molecule has 0 unspecified atom stereocenters. The van der Waals surface area contributed by atoms with E-state index >= 15 is 0 Å². The summed E-state index contributed by atoms with van der Waals surface area (Å²) in [5.74, 6) is 1.07. The maximum atomic E-state index is 12.2. The third-order valence-corrected chi connectivity index (χ3v) is 3.42. The van der Waals surface area contributed by atoms with Crippen LogP contribution in [0.5, 0.6) is 0 Å². The highest BCUT2D eigenvalue weighted by atomic mass is 16.2. The molecule has 1 heterocycles. The van der Waals surface area contributed by atoms with Gasteiger partial charge in [0.2, 0.25) is 0 Å². The van der Waals surface area contributed by atoms with Gasteiger partial charge in [-0.25, -0.2) is 9.78 Å². The minimum Gasteiger partial charge on any atom is -0.307 e. The van der Waals surface area contributed by atoms with E-state index in [0.29, 0.717) is 17.7 Å². The van der Waals surface area contributed by atoms with Gasteiger partial charge in [0, 0.05) is 18.1 Å². The van der Waals surface area contributed by atoms with Gasteiger partial charge in [0.15, 0.2) is 5.82 Å². The zero-order valence-electron chi connectivity index (χ0n) is 13.4. The maximum absolute atomic E-state index is 12.2. The lowest BCUT2D eigenvalue weighted by molar-refractivity contribution is 0.262. The van der Waals surface area contributed by atoms with Gasteiger partial charge in [-0.3, -0.25) is 10.3 Å². The third kappa shape index (κ3) is 3.81. The molecule has 0 aliphatic rings. The molecular formula is C17H22N4O. The van der Waals surface area contributed by atoms with Crippen LogP contribution in [0.4, 0.5) is 16.3 Å². The van der Waals surface area contributed by atoms with Crippen LogP contribution in [0.25, 0.3) is 0 Å². The Bertz CT molecular complexity index is 612. The summed E-state index contributed by atoms with van der Waals surface area (Å²) in [7, 11) is 0. The molecule has 1 aromatic heterocycles. The first-order valence-corrected chi connectivity index (χ1v) is 7.46. The van der Waals surface area contributed by atoms with Crippen molar-refractivity contribution in [2.45, 2.75) is 39.5 Å². The number of rotatable bonds is 4. The lowest BCUT2D eigenvalue weighted by atomic mass is 9.93. The molecule has 5 heteroatoms. The number of anilines is 2. The Kier molecular flexibility index (Phi) is 5.09. The average Bonchev–Trinajstić information content (AvgIpc) is 2.47. The van der Waals surface area contributed by atoms with Gasteiger partial charge in [0.05, 0.1) is 6.20 Å². The van der Waals surface area contributed by atoms with E-state index in [9.17, 15) is 4.79 Å². The summed E-state index contributed by atoms with van der Waals surface area (Å²) in [6.45, 7) is 8.47. The van der Waals surface area contributed by atoms with E-state index < -0.39 is 0 Å². The molecule has 116 valence electrons. The fourth-order valence-corrected chi connectivity index (χ4v) is 2.32. The van der Waals surface area contributed by atoms with Gasteiger partial charge in [-0.1, -0.05) is 45.9 Å². The van der Waals surface area contributed by atoms with E-state index in [-0.39, 0.29) is 6.03 Å². The van der Waals surface area contributed by atoms with Crippen LogP contribution in [0, 0.1) is 0 Å². The Morgan fingerprint density at radius 3 is 2.14 bits per heavy atom. The smallest absolute Gasteiger partial charge is 0.307 e. The van der Waals surface area contributed by atoms with E-state index in [1.807, 2.05) is 6.07 Å². The molecule has 2 N–H and O–H groups in total. The summed E-state index contributed by atoms with van der Waals surface area (Å²) in [5, 5.41) is 5.67. The second-order valence-corrected chi connectivity index (χ2v) is 5.79. The number of nitrogens with one attached hydrogen (secondary N) is 2. The standard InChI is InChI=1S/C17H22N4O/c1-11(2)13-6-5-7-14(12(3)4)16(13)21-17(22)20-15-10-18-8-9-19-15/h5-12H,1-4H3,(H2,19,20,21,22). The first kappa shape index (κ1) is 15.9. The summed E-state index contributed by atoms with van der Waals surface area (Å²) >= 11 is 0. The second-order valence-electron chi connectivity index (χ2n) is 5.79. The van der Waals surface area contributed by atoms with Gasteiger partial charge in [-0.2, -0.15) is 0 Å². The fourth-order valence-electron chi connectivity index (χ4n) is 2.32. The Labute approximate surface area is 131 Å². The molecule has 22 heavy (non-hydrogen) atoms. The quantitative estimate of drug-likeness (QED) is 0.881. The molecule has 0 aliphatic heterocycles. The van der Waals surface area contributed by atoms with Gasteiger partial charge in [0.1, 0.15) is 0 Å². The monoisotopic (exact) mass is 298 g/mol. The van der Waals surface area contributed by atoms with Crippen molar-refractivity contribution < 1.29 is 4.79 Å². The molecule has 0 radical (unpaired) electrons. The second kappa shape index (κ2) is 7.02. The molecule has 1 aromatic carbocycles. The molecule has 0 saturated heterocycles. The number of urea groups is 1. The van der Waals surface area contributed by atoms with Crippen LogP contribution in [0.1, 0.15) is 50.7 Å². The van der Waals surface area contributed by atoms with Crippen molar-refractivity contribution in [1.82, 2.24) is 9.97 Å². The Morgan fingerprint density at radius 2 is 1.64 bits per heavy atom. The Morgan fingerprint density at radius 1 is 1.00 bits per heavy atom. The van der Waals surface area contributed by atoms with Crippen LogP contribution in [-0.4, -0.2) is 16.0 Å². The van der Waals surface area contributed by atoms with Crippen LogP contribution in [0.2, 0.25) is 0 Å². The van der Waals surface area contributed by atoms with E-state index in [1.165, 1.54) is 12.4 Å². The molecule has 0 bridgehead atoms. The summed E-state index contributed by atoms with van der Waals surface area (Å²) in [5.41, 5.74) is 3.13. The molecule has 0 spiro atoms. The summed E-state index contributed by atoms with van der Waals surface area (Å²) in [6, 6.07) is 5.83. The minimum absolute atomic E-state index is 0.310. The normalized spacial score (nSPS) is 10.8.